The van der Waals surface area contributed by atoms with Gasteiger partial charge in [-0.2, -0.15) is 4.98 Å². The van der Waals surface area contributed by atoms with Gasteiger partial charge < -0.3 is 14.6 Å². The second kappa shape index (κ2) is 9.84. The minimum atomic E-state index is -0.402. The number of amides is 1. The highest BCUT2D eigenvalue weighted by molar-refractivity contribution is 6.30. The van der Waals surface area contributed by atoms with E-state index in [2.05, 4.69) is 15.5 Å². The van der Waals surface area contributed by atoms with E-state index in [9.17, 15) is 9.59 Å². The summed E-state index contributed by atoms with van der Waals surface area (Å²) in [7, 11) is 0. The van der Waals surface area contributed by atoms with Gasteiger partial charge in [0.1, 0.15) is 0 Å². The van der Waals surface area contributed by atoms with Gasteiger partial charge in [-0.15, -0.1) is 0 Å². The van der Waals surface area contributed by atoms with Crippen LogP contribution in [0.5, 0.6) is 0 Å². The molecule has 0 aliphatic heterocycles. The normalized spacial score (nSPS) is 10.6. The van der Waals surface area contributed by atoms with Crippen LogP contribution in [0, 0.1) is 6.92 Å². The van der Waals surface area contributed by atoms with E-state index in [1.165, 1.54) is 0 Å². The highest BCUT2D eigenvalue weighted by Gasteiger charge is 2.11. The molecule has 8 heteroatoms. The smallest absolute Gasteiger partial charge is 0.306 e. The predicted molar refractivity (Wildman–Crippen MR) is 107 cm³/mol. The average Bonchev–Trinajstić information content (AvgIpc) is 3.19. The second-order valence-electron chi connectivity index (χ2n) is 6.40. The lowest BCUT2D eigenvalue weighted by atomic mass is 10.1. The fraction of sp³-hybridized carbons (Fsp3) is 0.238. The average molecular weight is 414 g/mol. The number of rotatable bonds is 8. The van der Waals surface area contributed by atoms with E-state index in [-0.39, 0.29) is 24.8 Å². The number of hydrogen-bond donors (Lipinski definition) is 1. The van der Waals surface area contributed by atoms with E-state index in [0.717, 1.165) is 11.1 Å². The molecular formula is C21H20ClN3O4. The van der Waals surface area contributed by atoms with Crippen molar-refractivity contribution in [2.75, 3.05) is 6.54 Å². The fourth-order valence-corrected chi connectivity index (χ4v) is 2.61. The zero-order valence-electron chi connectivity index (χ0n) is 15.9. The summed E-state index contributed by atoms with van der Waals surface area (Å²) in [6.45, 7) is 2.26. The molecule has 0 saturated heterocycles. The summed E-state index contributed by atoms with van der Waals surface area (Å²) in [5, 5.41) is 7.20. The van der Waals surface area contributed by atoms with E-state index in [1.54, 1.807) is 24.3 Å². The number of aromatic nitrogens is 2. The molecule has 0 aliphatic carbocycles. The van der Waals surface area contributed by atoms with Crippen molar-refractivity contribution < 1.29 is 18.8 Å². The molecule has 29 heavy (non-hydrogen) atoms. The van der Waals surface area contributed by atoms with Crippen molar-refractivity contribution in [3.8, 4) is 11.4 Å². The molecule has 0 radical (unpaired) electrons. The van der Waals surface area contributed by atoms with Crippen molar-refractivity contribution >= 4 is 23.5 Å². The third kappa shape index (κ3) is 6.15. The predicted octanol–water partition coefficient (Wildman–Crippen LogP) is 3.95. The molecule has 0 aliphatic rings. The molecule has 0 bridgehead atoms. The quantitative estimate of drug-likeness (QED) is 0.444. The molecule has 0 fully saturated rings. The van der Waals surface area contributed by atoms with Gasteiger partial charge in [-0.3, -0.25) is 9.59 Å². The zero-order valence-corrected chi connectivity index (χ0v) is 16.6. The molecule has 3 aromatic rings. The maximum atomic E-state index is 12.0. The van der Waals surface area contributed by atoms with Gasteiger partial charge in [-0.05, 0) is 37.6 Å². The van der Waals surface area contributed by atoms with Crippen LogP contribution in [0.25, 0.3) is 11.4 Å². The monoisotopic (exact) mass is 413 g/mol. The van der Waals surface area contributed by atoms with Crippen LogP contribution in [0.1, 0.15) is 34.7 Å². The van der Waals surface area contributed by atoms with Gasteiger partial charge in [-0.1, -0.05) is 46.6 Å². The van der Waals surface area contributed by atoms with Gasteiger partial charge in [0.25, 0.3) is 11.8 Å². The van der Waals surface area contributed by atoms with Crippen LogP contribution >= 0.6 is 11.6 Å². The lowest BCUT2D eigenvalue weighted by Crippen LogP contribution is -2.24. The van der Waals surface area contributed by atoms with Gasteiger partial charge in [-0.25, -0.2) is 0 Å². The van der Waals surface area contributed by atoms with Crippen LogP contribution in [0.2, 0.25) is 5.02 Å². The highest BCUT2D eigenvalue weighted by atomic mass is 35.5. The van der Waals surface area contributed by atoms with Crippen LogP contribution < -0.4 is 5.32 Å². The molecule has 2 aromatic carbocycles. The first-order valence-electron chi connectivity index (χ1n) is 9.10. The summed E-state index contributed by atoms with van der Waals surface area (Å²) in [6.07, 6.45) is 0.621. The first-order valence-corrected chi connectivity index (χ1v) is 9.48. The number of carbonyl (C=O) groups excluding carboxylic acids is 2. The Kier molecular flexibility index (Phi) is 6.97. The van der Waals surface area contributed by atoms with Crippen molar-refractivity contribution in [3.05, 3.63) is 70.6 Å². The van der Waals surface area contributed by atoms with E-state index in [4.69, 9.17) is 20.9 Å². The molecule has 0 atom stereocenters. The number of aryl methyl sites for hydroxylation is 1. The third-order valence-electron chi connectivity index (χ3n) is 4.08. The number of ether oxygens (including phenoxy) is 1. The maximum Gasteiger partial charge on any atom is 0.306 e. The topological polar surface area (TPSA) is 94.3 Å². The highest BCUT2D eigenvalue weighted by Crippen LogP contribution is 2.16. The minimum Gasteiger partial charge on any atom is -0.456 e. The summed E-state index contributed by atoms with van der Waals surface area (Å²) in [5.74, 6) is 0.0521. The molecule has 1 amide bonds. The molecule has 0 spiro atoms. The SMILES string of the molecule is Cc1ccc(-c2noc(COC(=O)CCCNC(=O)c3ccc(Cl)cc3)n2)cc1. The molecule has 1 heterocycles. The molecule has 1 N–H and O–H groups in total. The van der Waals surface area contributed by atoms with Crippen molar-refractivity contribution in [2.45, 2.75) is 26.4 Å². The standard InChI is InChI=1S/C21H20ClN3O4/c1-14-4-6-15(7-5-14)20-24-18(29-25-20)13-28-19(26)3-2-12-23-21(27)16-8-10-17(22)11-9-16/h4-11H,2-3,12-13H2,1H3,(H,23,27). The van der Waals surface area contributed by atoms with Crippen LogP contribution in [0.4, 0.5) is 0 Å². The zero-order chi connectivity index (χ0) is 20.6. The lowest BCUT2D eigenvalue weighted by molar-refractivity contribution is -0.145. The number of hydrogen-bond acceptors (Lipinski definition) is 6. The Labute approximate surface area is 173 Å². The Balaban J connectivity index is 1.36. The van der Waals surface area contributed by atoms with E-state index < -0.39 is 5.97 Å². The van der Waals surface area contributed by atoms with Crippen molar-refractivity contribution in [1.29, 1.82) is 0 Å². The number of esters is 1. The van der Waals surface area contributed by atoms with Gasteiger partial charge in [0.05, 0.1) is 0 Å². The molecule has 3 rings (SSSR count). The molecule has 0 unspecified atom stereocenters. The Morgan fingerprint density at radius 3 is 2.55 bits per heavy atom. The number of nitrogens with one attached hydrogen (secondary N) is 1. The van der Waals surface area contributed by atoms with Crippen LogP contribution in [-0.2, 0) is 16.1 Å². The summed E-state index contributed by atoms with van der Waals surface area (Å²) in [6, 6.07) is 14.3. The second-order valence-corrected chi connectivity index (χ2v) is 6.84. The Morgan fingerprint density at radius 2 is 1.83 bits per heavy atom. The van der Waals surface area contributed by atoms with Gasteiger partial charge in [0.15, 0.2) is 6.61 Å². The first-order chi connectivity index (χ1) is 14.0. The molecule has 150 valence electrons. The third-order valence-corrected chi connectivity index (χ3v) is 4.34. The number of halogens is 1. The Morgan fingerprint density at radius 1 is 1.10 bits per heavy atom. The number of benzene rings is 2. The van der Waals surface area contributed by atoms with Crippen molar-refractivity contribution in [2.24, 2.45) is 0 Å². The summed E-state index contributed by atoms with van der Waals surface area (Å²) in [5.41, 5.74) is 2.47. The van der Waals surface area contributed by atoms with Gasteiger partial charge in [0.2, 0.25) is 5.82 Å². The lowest BCUT2D eigenvalue weighted by Gasteiger charge is -2.05. The van der Waals surface area contributed by atoms with Gasteiger partial charge >= 0.3 is 5.97 Å². The summed E-state index contributed by atoms with van der Waals surface area (Å²) < 4.78 is 10.2. The Hall–Kier alpha value is -3.19. The van der Waals surface area contributed by atoms with Crippen LogP contribution in [0.3, 0.4) is 0 Å². The maximum absolute atomic E-state index is 12.0. The number of nitrogens with zero attached hydrogens (tertiary/aromatic N) is 2. The van der Waals surface area contributed by atoms with E-state index in [1.807, 2.05) is 31.2 Å². The largest absolute Gasteiger partial charge is 0.456 e. The van der Waals surface area contributed by atoms with Crippen LogP contribution in [0.15, 0.2) is 53.1 Å². The minimum absolute atomic E-state index is 0.0885. The van der Waals surface area contributed by atoms with Crippen molar-refractivity contribution in [1.82, 2.24) is 15.5 Å². The van der Waals surface area contributed by atoms with E-state index in [0.29, 0.717) is 29.4 Å². The molecule has 7 nitrogen and oxygen atoms in total. The fourth-order valence-electron chi connectivity index (χ4n) is 2.49. The van der Waals surface area contributed by atoms with Gasteiger partial charge in [0, 0.05) is 29.1 Å². The molecule has 0 saturated carbocycles. The van der Waals surface area contributed by atoms with E-state index >= 15 is 0 Å². The molecular weight excluding hydrogens is 394 g/mol. The summed E-state index contributed by atoms with van der Waals surface area (Å²) in [4.78, 5) is 28.0. The van der Waals surface area contributed by atoms with Crippen molar-refractivity contribution in [3.63, 3.8) is 0 Å². The number of carbonyl (C=O) groups is 2. The van der Waals surface area contributed by atoms with Crippen LogP contribution in [-0.4, -0.2) is 28.6 Å². The molecule has 1 aromatic heterocycles. The summed E-state index contributed by atoms with van der Waals surface area (Å²) >= 11 is 5.79. The Bertz CT molecular complexity index is 968. The first kappa shape index (κ1) is 20.5.